The Balaban J connectivity index is 1.30. The molecule has 0 spiro atoms. The van der Waals surface area contributed by atoms with E-state index in [1.807, 2.05) is 11.8 Å². The van der Waals surface area contributed by atoms with Crippen molar-refractivity contribution < 1.29 is 19.4 Å². The second kappa shape index (κ2) is 7.60. The lowest BCUT2D eigenvalue weighted by Gasteiger charge is -2.62. The van der Waals surface area contributed by atoms with Crippen LogP contribution in [0.4, 0.5) is 0 Å². The molecule has 0 aromatic carbocycles. The first-order valence-corrected chi connectivity index (χ1v) is 11.2. The van der Waals surface area contributed by atoms with Crippen LogP contribution in [0.15, 0.2) is 0 Å². The zero-order valence-electron chi connectivity index (χ0n) is 17.4. The van der Waals surface area contributed by atoms with Crippen LogP contribution in [-0.2, 0) is 14.3 Å². The second-order valence-corrected chi connectivity index (χ2v) is 10.1. The highest BCUT2D eigenvalue weighted by Crippen LogP contribution is 2.62. The fourth-order valence-electron chi connectivity index (χ4n) is 6.95. The van der Waals surface area contributed by atoms with Gasteiger partial charge in [-0.25, -0.2) is 0 Å². The van der Waals surface area contributed by atoms with E-state index in [0.29, 0.717) is 31.5 Å². The molecule has 3 atom stereocenters. The smallest absolute Gasteiger partial charge is 0.248 e. The van der Waals surface area contributed by atoms with Crippen LogP contribution in [-0.4, -0.2) is 59.8 Å². The summed E-state index contributed by atoms with van der Waals surface area (Å²) in [5.74, 6) is 1.40. The van der Waals surface area contributed by atoms with Gasteiger partial charge in [-0.15, -0.1) is 0 Å². The van der Waals surface area contributed by atoms with Crippen molar-refractivity contribution in [2.75, 3.05) is 26.3 Å². The van der Waals surface area contributed by atoms with E-state index < -0.39 is 5.60 Å². The summed E-state index contributed by atoms with van der Waals surface area (Å²) in [7, 11) is 0. The predicted octanol–water partition coefficient (Wildman–Crippen LogP) is 2.10. The van der Waals surface area contributed by atoms with E-state index in [1.165, 1.54) is 6.42 Å². The Hall–Kier alpha value is -1.14. The van der Waals surface area contributed by atoms with Crippen LogP contribution in [0.2, 0.25) is 0 Å². The quantitative estimate of drug-likeness (QED) is 0.726. The van der Waals surface area contributed by atoms with Crippen LogP contribution in [0.5, 0.6) is 0 Å². The molecule has 4 saturated carbocycles. The number of nitrogens with zero attached hydrogens (tertiary/aromatic N) is 1. The van der Waals surface area contributed by atoms with Crippen molar-refractivity contribution in [1.29, 1.82) is 0 Å². The van der Waals surface area contributed by atoms with E-state index in [1.54, 1.807) is 0 Å². The van der Waals surface area contributed by atoms with E-state index >= 15 is 0 Å². The van der Waals surface area contributed by atoms with Gasteiger partial charge in [0.15, 0.2) is 0 Å². The molecule has 1 saturated heterocycles. The molecule has 0 radical (unpaired) electrons. The molecule has 4 aliphatic carbocycles. The number of aliphatic hydroxyl groups is 1. The summed E-state index contributed by atoms with van der Waals surface area (Å²) < 4.78 is 5.21. The van der Waals surface area contributed by atoms with Gasteiger partial charge in [0, 0.05) is 31.7 Å². The van der Waals surface area contributed by atoms with Gasteiger partial charge in [0.25, 0.3) is 0 Å². The van der Waals surface area contributed by atoms with Gasteiger partial charge in [0.2, 0.25) is 11.8 Å². The van der Waals surface area contributed by atoms with E-state index in [0.717, 1.165) is 44.9 Å². The number of hydrogen-bond acceptors (Lipinski definition) is 4. The number of carbonyl (C=O) groups excluding carboxylic acids is 2. The van der Waals surface area contributed by atoms with Crippen molar-refractivity contribution in [2.24, 2.45) is 23.2 Å². The van der Waals surface area contributed by atoms with Crippen molar-refractivity contribution >= 4 is 11.8 Å². The standard InChI is InChI=1S/C22H36N2O4/c1-3-28-13-19(25)24-6-4-18(5-7-24)20(26)23-15(2)21-9-16-8-17(10-21)12-22(27,11-16)14-21/h15-18,27H,3-14H2,1-2H3,(H,23,26). The number of rotatable bonds is 6. The zero-order chi connectivity index (χ0) is 19.9. The number of likely N-dealkylation sites (tertiary alicyclic amines) is 1. The van der Waals surface area contributed by atoms with Crippen molar-refractivity contribution in [3.63, 3.8) is 0 Å². The first-order chi connectivity index (χ1) is 13.3. The van der Waals surface area contributed by atoms with E-state index in [-0.39, 0.29) is 35.8 Å². The van der Waals surface area contributed by atoms with Gasteiger partial charge in [-0.1, -0.05) is 0 Å². The van der Waals surface area contributed by atoms with Crippen molar-refractivity contribution in [3.05, 3.63) is 0 Å². The molecule has 0 aromatic rings. The highest BCUT2D eigenvalue weighted by molar-refractivity contribution is 5.80. The van der Waals surface area contributed by atoms with E-state index in [2.05, 4.69) is 12.2 Å². The second-order valence-electron chi connectivity index (χ2n) is 10.1. The molecule has 6 heteroatoms. The number of ether oxygens (including phenoxy) is 1. The van der Waals surface area contributed by atoms with Crippen molar-refractivity contribution in [2.45, 2.75) is 76.9 Å². The SMILES string of the molecule is CCOCC(=O)N1CCC(C(=O)NC(C)C23CC4CC(CC(O)(C4)C2)C3)CC1. The molecular weight excluding hydrogens is 356 g/mol. The van der Waals surface area contributed by atoms with Gasteiger partial charge in [-0.2, -0.15) is 0 Å². The normalized spacial score (nSPS) is 38.5. The first-order valence-electron chi connectivity index (χ1n) is 11.2. The maximum atomic E-state index is 12.9. The molecule has 5 fully saturated rings. The molecule has 5 rings (SSSR count). The van der Waals surface area contributed by atoms with Crippen LogP contribution < -0.4 is 5.32 Å². The van der Waals surface area contributed by atoms with E-state index in [9.17, 15) is 14.7 Å². The average molecular weight is 393 g/mol. The number of nitrogens with one attached hydrogen (secondary N) is 1. The van der Waals surface area contributed by atoms with Crippen LogP contribution >= 0.6 is 0 Å². The molecule has 1 aliphatic heterocycles. The Morgan fingerprint density at radius 2 is 1.82 bits per heavy atom. The Kier molecular flexibility index (Phi) is 5.47. The topological polar surface area (TPSA) is 78.9 Å². The maximum absolute atomic E-state index is 12.9. The lowest BCUT2D eigenvalue weighted by Crippen LogP contribution is -2.62. The van der Waals surface area contributed by atoms with E-state index in [4.69, 9.17) is 4.74 Å². The van der Waals surface area contributed by atoms with Crippen LogP contribution in [0.1, 0.15) is 65.2 Å². The summed E-state index contributed by atoms with van der Waals surface area (Å²) in [6.45, 7) is 5.97. The summed E-state index contributed by atoms with van der Waals surface area (Å²) in [6.07, 6.45) is 7.77. The molecule has 4 bridgehead atoms. The molecule has 2 amide bonds. The molecule has 1 heterocycles. The highest BCUT2D eigenvalue weighted by Gasteiger charge is 2.59. The Morgan fingerprint density at radius 1 is 1.18 bits per heavy atom. The Bertz CT molecular complexity index is 600. The molecular formula is C22H36N2O4. The van der Waals surface area contributed by atoms with Crippen molar-refractivity contribution in [1.82, 2.24) is 10.2 Å². The third-order valence-corrected chi connectivity index (χ3v) is 8.00. The van der Waals surface area contributed by atoms with Crippen LogP contribution in [0.25, 0.3) is 0 Å². The Labute approximate surface area is 168 Å². The summed E-state index contributed by atoms with van der Waals surface area (Å²) in [6, 6.07) is 0.107. The third-order valence-electron chi connectivity index (χ3n) is 8.00. The fraction of sp³-hybridized carbons (Fsp3) is 0.909. The minimum atomic E-state index is -0.491. The van der Waals surface area contributed by atoms with Gasteiger partial charge < -0.3 is 20.1 Å². The Morgan fingerprint density at radius 3 is 2.39 bits per heavy atom. The number of hydrogen-bond donors (Lipinski definition) is 2. The average Bonchev–Trinajstić information content (AvgIpc) is 2.64. The first kappa shape index (κ1) is 20.1. The molecule has 158 valence electrons. The van der Waals surface area contributed by atoms with Crippen LogP contribution in [0.3, 0.4) is 0 Å². The van der Waals surface area contributed by atoms with Gasteiger partial charge in [-0.3, -0.25) is 9.59 Å². The largest absolute Gasteiger partial charge is 0.390 e. The third kappa shape index (κ3) is 3.82. The number of amides is 2. The highest BCUT2D eigenvalue weighted by atomic mass is 16.5. The predicted molar refractivity (Wildman–Crippen MR) is 105 cm³/mol. The molecule has 2 N–H and O–H groups in total. The number of piperidine rings is 1. The van der Waals surface area contributed by atoms with Gasteiger partial charge in [0.05, 0.1) is 5.60 Å². The van der Waals surface area contributed by atoms with Gasteiger partial charge in [-0.05, 0) is 82.5 Å². The van der Waals surface area contributed by atoms with Crippen molar-refractivity contribution in [3.8, 4) is 0 Å². The molecule has 28 heavy (non-hydrogen) atoms. The zero-order valence-corrected chi connectivity index (χ0v) is 17.4. The summed E-state index contributed by atoms with van der Waals surface area (Å²) in [4.78, 5) is 26.8. The maximum Gasteiger partial charge on any atom is 0.248 e. The van der Waals surface area contributed by atoms with Gasteiger partial charge in [0.1, 0.15) is 6.61 Å². The fourth-order valence-corrected chi connectivity index (χ4v) is 6.95. The molecule has 5 aliphatic rings. The summed E-state index contributed by atoms with van der Waals surface area (Å²) in [5.41, 5.74) is -0.419. The minimum absolute atomic E-state index is 0.0180. The summed E-state index contributed by atoms with van der Waals surface area (Å²) in [5, 5.41) is 14.3. The molecule has 3 unspecified atom stereocenters. The number of carbonyl (C=O) groups is 2. The minimum Gasteiger partial charge on any atom is -0.390 e. The summed E-state index contributed by atoms with van der Waals surface area (Å²) >= 11 is 0. The lowest BCUT2D eigenvalue weighted by molar-refractivity contribution is -0.173. The molecule has 6 nitrogen and oxygen atoms in total. The molecule has 0 aromatic heterocycles. The van der Waals surface area contributed by atoms with Crippen LogP contribution in [0, 0.1) is 23.2 Å². The monoisotopic (exact) mass is 392 g/mol. The lowest BCUT2D eigenvalue weighted by atomic mass is 9.46. The van der Waals surface area contributed by atoms with Gasteiger partial charge >= 0.3 is 0 Å².